The molecule has 0 bridgehead atoms. The maximum absolute atomic E-state index is 14.5. The van der Waals surface area contributed by atoms with E-state index in [2.05, 4.69) is 23.2 Å². The highest BCUT2D eigenvalue weighted by Gasteiger charge is 2.15. The fourth-order valence-electron chi connectivity index (χ4n) is 3.00. The van der Waals surface area contributed by atoms with Crippen LogP contribution in [-0.4, -0.2) is 4.98 Å². The highest BCUT2D eigenvalue weighted by atomic mass is 19.1. The van der Waals surface area contributed by atoms with E-state index in [1.807, 2.05) is 60.7 Å². The molecule has 4 rings (SSSR count). The fourth-order valence-corrected chi connectivity index (χ4v) is 3.00. The predicted molar refractivity (Wildman–Crippen MR) is 92.6 cm³/mol. The zero-order chi connectivity index (χ0) is 15.6. The van der Waals surface area contributed by atoms with E-state index >= 15 is 0 Å². The van der Waals surface area contributed by atoms with E-state index in [1.165, 1.54) is 6.20 Å². The van der Waals surface area contributed by atoms with Crippen LogP contribution in [0.4, 0.5) is 4.39 Å². The summed E-state index contributed by atoms with van der Waals surface area (Å²) in [5, 5.41) is 2.25. The Hall–Kier alpha value is -3.00. The van der Waals surface area contributed by atoms with Crippen LogP contribution in [0, 0.1) is 5.95 Å². The van der Waals surface area contributed by atoms with Crippen LogP contribution in [0.5, 0.6) is 0 Å². The van der Waals surface area contributed by atoms with Crippen molar-refractivity contribution >= 4 is 10.8 Å². The highest BCUT2D eigenvalue weighted by Crippen LogP contribution is 2.36. The Morgan fingerprint density at radius 2 is 1.39 bits per heavy atom. The van der Waals surface area contributed by atoms with Gasteiger partial charge in [-0.05, 0) is 33.5 Å². The van der Waals surface area contributed by atoms with Crippen LogP contribution in [0.25, 0.3) is 33.0 Å². The molecule has 0 N–H and O–H groups in total. The van der Waals surface area contributed by atoms with E-state index in [0.717, 1.165) is 27.5 Å². The van der Waals surface area contributed by atoms with Crippen molar-refractivity contribution in [3.63, 3.8) is 0 Å². The first-order chi connectivity index (χ1) is 11.3. The Kier molecular flexibility index (Phi) is 3.35. The average molecular weight is 299 g/mol. The number of hydrogen-bond donors (Lipinski definition) is 0. The minimum Gasteiger partial charge on any atom is -0.228 e. The predicted octanol–water partition coefficient (Wildman–Crippen LogP) is 5.71. The van der Waals surface area contributed by atoms with Crippen LogP contribution in [0.3, 0.4) is 0 Å². The molecule has 1 heterocycles. The molecule has 4 aromatic rings. The zero-order valence-electron chi connectivity index (χ0n) is 12.4. The van der Waals surface area contributed by atoms with Gasteiger partial charge in [-0.2, -0.15) is 4.39 Å². The molecule has 2 heteroatoms. The van der Waals surface area contributed by atoms with Crippen molar-refractivity contribution in [1.82, 2.24) is 4.98 Å². The van der Waals surface area contributed by atoms with Gasteiger partial charge in [-0.15, -0.1) is 0 Å². The van der Waals surface area contributed by atoms with Gasteiger partial charge >= 0.3 is 0 Å². The molecular weight excluding hydrogens is 285 g/mol. The first-order valence-corrected chi connectivity index (χ1v) is 7.52. The van der Waals surface area contributed by atoms with Crippen LogP contribution >= 0.6 is 0 Å². The molecule has 3 aromatic carbocycles. The molecule has 1 nitrogen and oxygen atoms in total. The number of halogens is 1. The number of hydrogen-bond acceptors (Lipinski definition) is 1. The average Bonchev–Trinajstić information content (AvgIpc) is 2.62. The summed E-state index contributed by atoms with van der Waals surface area (Å²) in [6.45, 7) is 0. The van der Waals surface area contributed by atoms with Crippen molar-refractivity contribution in [2.24, 2.45) is 0 Å². The molecule has 0 aliphatic rings. The summed E-state index contributed by atoms with van der Waals surface area (Å²) >= 11 is 0. The van der Waals surface area contributed by atoms with Crippen LogP contribution in [0.1, 0.15) is 0 Å². The molecule has 0 radical (unpaired) electrons. The van der Waals surface area contributed by atoms with E-state index in [1.54, 1.807) is 0 Å². The van der Waals surface area contributed by atoms with Gasteiger partial charge in [0.25, 0.3) is 0 Å². The lowest BCUT2D eigenvalue weighted by Crippen LogP contribution is -1.93. The number of aromatic nitrogens is 1. The topological polar surface area (TPSA) is 12.9 Å². The fraction of sp³-hybridized carbons (Fsp3) is 0. The van der Waals surface area contributed by atoms with E-state index in [4.69, 9.17) is 0 Å². The van der Waals surface area contributed by atoms with Crippen molar-refractivity contribution in [3.05, 3.63) is 91.0 Å². The van der Waals surface area contributed by atoms with Gasteiger partial charge in [-0.3, -0.25) is 0 Å². The van der Waals surface area contributed by atoms with Gasteiger partial charge in [0.15, 0.2) is 0 Å². The second-order valence-electron chi connectivity index (χ2n) is 5.42. The monoisotopic (exact) mass is 299 g/mol. The molecule has 0 aliphatic carbocycles. The SMILES string of the molecule is Fc1nccc(-c2cccc3ccccc23)c1-c1ccccc1. The molecular formula is C21H14FN. The normalized spacial score (nSPS) is 10.8. The van der Waals surface area contributed by atoms with Gasteiger partial charge < -0.3 is 0 Å². The van der Waals surface area contributed by atoms with Gasteiger partial charge in [0.1, 0.15) is 0 Å². The second-order valence-corrected chi connectivity index (χ2v) is 5.42. The summed E-state index contributed by atoms with van der Waals surface area (Å²) < 4.78 is 14.5. The van der Waals surface area contributed by atoms with E-state index in [-0.39, 0.29) is 0 Å². The number of fused-ring (bicyclic) bond motifs is 1. The van der Waals surface area contributed by atoms with Crippen LogP contribution in [0.2, 0.25) is 0 Å². The zero-order valence-corrected chi connectivity index (χ0v) is 12.4. The molecule has 0 saturated carbocycles. The minimum atomic E-state index is -0.443. The number of nitrogens with zero attached hydrogens (tertiary/aromatic N) is 1. The molecule has 0 aliphatic heterocycles. The summed E-state index contributed by atoms with van der Waals surface area (Å²) in [7, 11) is 0. The lowest BCUT2D eigenvalue weighted by atomic mass is 9.92. The number of pyridine rings is 1. The van der Waals surface area contributed by atoms with E-state index in [0.29, 0.717) is 5.56 Å². The lowest BCUT2D eigenvalue weighted by molar-refractivity contribution is 0.588. The Labute approximate surface area is 134 Å². The Balaban J connectivity index is 2.05. The van der Waals surface area contributed by atoms with Crippen molar-refractivity contribution in [3.8, 4) is 22.3 Å². The molecule has 23 heavy (non-hydrogen) atoms. The third-order valence-corrected chi connectivity index (χ3v) is 4.05. The van der Waals surface area contributed by atoms with Crippen molar-refractivity contribution in [2.45, 2.75) is 0 Å². The summed E-state index contributed by atoms with van der Waals surface area (Å²) in [6, 6.07) is 25.7. The van der Waals surface area contributed by atoms with Crippen molar-refractivity contribution in [1.29, 1.82) is 0 Å². The van der Waals surface area contributed by atoms with Gasteiger partial charge in [-0.25, -0.2) is 4.98 Å². The number of benzene rings is 3. The summed E-state index contributed by atoms with van der Waals surface area (Å²) in [5.41, 5.74) is 3.26. The van der Waals surface area contributed by atoms with Crippen LogP contribution < -0.4 is 0 Å². The molecule has 0 spiro atoms. The van der Waals surface area contributed by atoms with Crippen LogP contribution in [0.15, 0.2) is 85.1 Å². The van der Waals surface area contributed by atoms with Gasteiger partial charge in [0, 0.05) is 11.8 Å². The first-order valence-electron chi connectivity index (χ1n) is 7.52. The van der Waals surface area contributed by atoms with Gasteiger partial charge in [0.2, 0.25) is 5.95 Å². The van der Waals surface area contributed by atoms with Crippen molar-refractivity contribution < 1.29 is 4.39 Å². The largest absolute Gasteiger partial charge is 0.228 e. The summed E-state index contributed by atoms with van der Waals surface area (Å²) in [5.74, 6) is -0.443. The molecule has 1 aromatic heterocycles. The molecule has 0 fully saturated rings. The Bertz CT molecular complexity index is 972. The van der Waals surface area contributed by atoms with Crippen molar-refractivity contribution in [2.75, 3.05) is 0 Å². The highest BCUT2D eigenvalue weighted by molar-refractivity contribution is 6.00. The molecule has 110 valence electrons. The maximum atomic E-state index is 14.5. The van der Waals surface area contributed by atoms with Crippen LogP contribution in [-0.2, 0) is 0 Å². The quantitative estimate of drug-likeness (QED) is 0.432. The molecule has 0 saturated heterocycles. The number of rotatable bonds is 2. The smallest absolute Gasteiger partial charge is 0.221 e. The Morgan fingerprint density at radius 3 is 2.26 bits per heavy atom. The second kappa shape index (κ2) is 5.65. The summed E-state index contributed by atoms with van der Waals surface area (Å²) in [6.07, 6.45) is 1.53. The summed E-state index contributed by atoms with van der Waals surface area (Å²) in [4.78, 5) is 3.86. The van der Waals surface area contributed by atoms with E-state index < -0.39 is 5.95 Å². The van der Waals surface area contributed by atoms with E-state index in [9.17, 15) is 4.39 Å². The standard InChI is InChI=1S/C21H14FN/c22-21-20(16-8-2-1-3-9-16)19(13-14-23-21)18-12-6-10-15-7-4-5-11-17(15)18/h1-14H. The third kappa shape index (κ3) is 2.38. The molecule has 0 unspecified atom stereocenters. The molecule has 0 atom stereocenters. The third-order valence-electron chi connectivity index (χ3n) is 4.05. The first kappa shape index (κ1) is 13.6. The lowest BCUT2D eigenvalue weighted by Gasteiger charge is -2.13. The Morgan fingerprint density at radius 1 is 0.652 bits per heavy atom. The van der Waals surface area contributed by atoms with Gasteiger partial charge in [0.05, 0.1) is 0 Å². The van der Waals surface area contributed by atoms with Gasteiger partial charge in [-0.1, -0.05) is 72.8 Å². The molecule has 0 amide bonds. The maximum Gasteiger partial charge on any atom is 0.221 e. The minimum absolute atomic E-state index is 0.443.